The van der Waals surface area contributed by atoms with Crippen molar-refractivity contribution in [3.8, 4) is 5.88 Å². The van der Waals surface area contributed by atoms with Gasteiger partial charge in [0.2, 0.25) is 17.7 Å². The Hall–Kier alpha value is -3.28. The van der Waals surface area contributed by atoms with E-state index < -0.39 is 23.3 Å². The quantitative estimate of drug-likeness (QED) is 0.481. The van der Waals surface area contributed by atoms with Gasteiger partial charge in [0.25, 0.3) is 11.5 Å². The minimum atomic E-state index is -2.53. The first-order valence-corrected chi connectivity index (χ1v) is 14.1. The second-order valence-electron chi connectivity index (χ2n) is 12.1. The van der Waals surface area contributed by atoms with E-state index in [1.807, 2.05) is 20.8 Å². The number of alkyl halides is 2. The number of carbonyl (C=O) groups excluding carboxylic acids is 2. The van der Waals surface area contributed by atoms with Crippen molar-refractivity contribution in [1.29, 1.82) is 0 Å². The molecule has 1 atom stereocenters. The van der Waals surface area contributed by atoms with Crippen molar-refractivity contribution in [3.05, 3.63) is 33.3 Å². The number of aromatic hydroxyl groups is 1. The molecule has 0 spiro atoms. The maximum atomic E-state index is 13.5. The number of aryl methyl sites for hydroxylation is 1. The zero-order valence-corrected chi connectivity index (χ0v) is 23.5. The van der Waals surface area contributed by atoms with Gasteiger partial charge in [-0.1, -0.05) is 13.8 Å². The highest BCUT2D eigenvalue weighted by Crippen LogP contribution is 2.42. The molecule has 1 aliphatic heterocycles. The molecular weight excluding hydrogens is 522 g/mol. The lowest BCUT2D eigenvalue weighted by Gasteiger charge is -2.43. The van der Waals surface area contributed by atoms with E-state index in [1.54, 1.807) is 17.9 Å². The number of hydrogen-bond acceptors (Lipinski definition) is 6. The highest BCUT2D eigenvalue weighted by Gasteiger charge is 2.46. The Kier molecular flexibility index (Phi) is 7.49. The number of amides is 2. The molecule has 218 valence electrons. The molecule has 2 aromatic heterocycles. The number of rotatable bonds is 8. The summed E-state index contributed by atoms with van der Waals surface area (Å²) in [6.07, 6.45) is 4.60. The summed E-state index contributed by atoms with van der Waals surface area (Å²) >= 11 is 0. The Morgan fingerprint density at radius 1 is 1.23 bits per heavy atom. The maximum absolute atomic E-state index is 13.5. The van der Waals surface area contributed by atoms with Gasteiger partial charge in [-0.3, -0.25) is 23.9 Å². The number of nitrogens with zero attached hydrogens (tertiary/aromatic N) is 5. The molecule has 10 nitrogen and oxygen atoms in total. The topological polar surface area (TPSA) is 112 Å². The van der Waals surface area contributed by atoms with Gasteiger partial charge in [-0.05, 0) is 44.6 Å². The number of fused-ring (bicyclic) bond motifs is 1. The van der Waals surface area contributed by atoms with Crippen LogP contribution in [0, 0.1) is 18.8 Å². The largest absolute Gasteiger partial charge is 0.492 e. The summed E-state index contributed by atoms with van der Waals surface area (Å²) in [4.78, 5) is 43.4. The average Bonchev–Trinajstić information content (AvgIpc) is 3.59. The zero-order chi connectivity index (χ0) is 28.9. The van der Waals surface area contributed by atoms with Crippen molar-refractivity contribution in [3.63, 3.8) is 0 Å². The number of aromatic nitrogens is 3. The fourth-order valence-corrected chi connectivity index (χ4v) is 5.84. The molecule has 2 saturated carbocycles. The summed E-state index contributed by atoms with van der Waals surface area (Å²) in [5.41, 5.74) is 0.369. The number of nitrogens with one attached hydrogen (secondary N) is 1. The van der Waals surface area contributed by atoms with E-state index in [0.717, 1.165) is 12.8 Å². The van der Waals surface area contributed by atoms with E-state index >= 15 is 0 Å². The van der Waals surface area contributed by atoms with Crippen LogP contribution in [0.3, 0.4) is 0 Å². The highest BCUT2D eigenvalue weighted by molar-refractivity contribution is 5.97. The van der Waals surface area contributed by atoms with Gasteiger partial charge >= 0.3 is 0 Å². The highest BCUT2D eigenvalue weighted by atomic mass is 19.3. The molecule has 12 heteroatoms. The van der Waals surface area contributed by atoms with Crippen LogP contribution in [0.5, 0.6) is 5.88 Å². The second-order valence-corrected chi connectivity index (χ2v) is 12.1. The summed E-state index contributed by atoms with van der Waals surface area (Å²) < 4.78 is 29.1. The third-order valence-electron chi connectivity index (χ3n) is 7.99. The molecule has 1 saturated heterocycles. The van der Waals surface area contributed by atoms with Crippen LogP contribution in [0.15, 0.2) is 10.9 Å². The van der Waals surface area contributed by atoms with Crippen molar-refractivity contribution >= 4 is 23.5 Å². The van der Waals surface area contributed by atoms with E-state index in [9.17, 15) is 28.3 Å². The lowest BCUT2D eigenvalue weighted by Crippen LogP contribution is -2.55. The van der Waals surface area contributed by atoms with Crippen LogP contribution >= 0.6 is 0 Å². The molecule has 2 N–H and O–H groups in total. The van der Waals surface area contributed by atoms with Gasteiger partial charge in [-0.25, -0.2) is 8.78 Å². The smallest absolute Gasteiger partial charge is 0.270 e. The number of piperazine rings is 1. The molecule has 3 aliphatic rings. The predicted molar refractivity (Wildman–Crippen MR) is 145 cm³/mol. The predicted octanol–water partition coefficient (Wildman–Crippen LogP) is 2.65. The van der Waals surface area contributed by atoms with Crippen molar-refractivity contribution in [2.75, 3.05) is 26.2 Å². The van der Waals surface area contributed by atoms with Crippen LogP contribution < -0.4 is 10.9 Å². The molecule has 2 amide bonds. The fraction of sp³-hybridized carbons (Fsp3) is 0.643. The molecule has 1 unspecified atom stereocenters. The Bertz CT molecular complexity index is 1400. The molecule has 2 aliphatic carbocycles. The monoisotopic (exact) mass is 560 g/mol. The van der Waals surface area contributed by atoms with Gasteiger partial charge in [0.05, 0.1) is 5.69 Å². The second kappa shape index (κ2) is 10.6. The minimum absolute atomic E-state index is 0.00287. The molecule has 2 aromatic rings. The third kappa shape index (κ3) is 5.63. The van der Waals surface area contributed by atoms with Crippen molar-refractivity contribution in [1.82, 2.24) is 29.3 Å². The van der Waals surface area contributed by atoms with Gasteiger partial charge in [-0.15, -0.1) is 0 Å². The summed E-state index contributed by atoms with van der Waals surface area (Å²) in [7, 11) is 0. The van der Waals surface area contributed by atoms with Crippen molar-refractivity contribution in [2.45, 2.75) is 77.9 Å². The Balaban J connectivity index is 1.38. The third-order valence-corrected chi connectivity index (χ3v) is 7.99. The van der Waals surface area contributed by atoms with Crippen LogP contribution in [0.25, 0.3) is 11.7 Å². The fourth-order valence-electron chi connectivity index (χ4n) is 5.84. The summed E-state index contributed by atoms with van der Waals surface area (Å²) in [5.74, 6) is -3.82. The molecule has 0 bridgehead atoms. The lowest BCUT2D eigenvalue weighted by molar-refractivity contribution is -0.132. The van der Waals surface area contributed by atoms with Crippen LogP contribution in [-0.4, -0.2) is 85.1 Å². The number of carbonyl (C=O) groups is 2. The Morgan fingerprint density at radius 3 is 2.52 bits per heavy atom. The van der Waals surface area contributed by atoms with Crippen molar-refractivity contribution in [2.24, 2.45) is 11.8 Å². The zero-order valence-electron chi connectivity index (χ0n) is 23.5. The van der Waals surface area contributed by atoms with Gasteiger partial charge in [0.1, 0.15) is 5.65 Å². The first-order chi connectivity index (χ1) is 18.8. The van der Waals surface area contributed by atoms with Gasteiger partial charge < -0.3 is 15.3 Å². The molecule has 3 heterocycles. The molecule has 40 heavy (non-hydrogen) atoms. The first-order valence-electron chi connectivity index (χ1n) is 14.1. The van der Waals surface area contributed by atoms with Gasteiger partial charge in [0, 0.05) is 69.3 Å². The summed E-state index contributed by atoms with van der Waals surface area (Å²) in [6.45, 7) is 10.2. The van der Waals surface area contributed by atoms with Crippen molar-refractivity contribution < 1.29 is 23.5 Å². The van der Waals surface area contributed by atoms with E-state index in [-0.39, 0.29) is 54.8 Å². The molecule has 0 aromatic carbocycles. The lowest BCUT2D eigenvalue weighted by atomic mass is 9.81. The van der Waals surface area contributed by atoms with Crippen LogP contribution in [-0.2, 0) is 11.3 Å². The number of halogens is 2. The minimum Gasteiger partial charge on any atom is -0.492 e. The summed E-state index contributed by atoms with van der Waals surface area (Å²) in [5, 5.41) is 18.2. The van der Waals surface area contributed by atoms with Crippen LogP contribution in [0.2, 0.25) is 0 Å². The standard InChI is InChI=1S/C28H38F2N6O4/c1-16(2)13-35-25-21(18(4)32-36(25)27(40)23(26(35)39)24(38)31-20-5-6-20)7-8-22(37)34-10-9-33(14-17(34)3)15-19-11-28(29,30)12-19/h7-8,16-17,19-20,40H,5-6,9-15H2,1-4H3,(H,31,38). The van der Waals surface area contributed by atoms with Crippen LogP contribution in [0.4, 0.5) is 8.78 Å². The van der Waals surface area contributed by atoms with E-state index in [0.29, 0.717) is 43.1 Å². The molecule has 0 radical (unpaired) electrons. The summed E-state index contributed by atoms with van der Waals surface area (Å²) in [6, 6.07) is -0.0798. The first kappa shape index (κ1) is 28.3. The van der Waals surface area contributed by atoms with Gasteiger partial charge in [0.15, 0.2) is 5.56 Å². The molecular formula is C28H38F2N6O4. The van der Waals surface area contributed by atoms with Crippen LogP contribution in [0.1, 0.15) is 68.1 Å². The van der Waals surface area contributed by atoms with E-state index in [1.165, 1.54) is 15.2 Å². The normalized spacial score (nSPS) is 21.9. The Morgan fingerprint density at radius 2 is 1.93 bits per heavy atom. The Labute approximate surface area is 231 Å². The van der Waals surface area contributed by atoms with E-state index in [2.05, 4.69) is 15.3 Å². The average molecular weight is 561 g/mol. The maximum Gasteiger partial charge on any atom is 0.270 e. The number of hydrogen-bond donors (Lipinski definition) is 2. The molecule has 3 fully saturated rings. The molecule has 5 rings (SSSR count). The van der Waals surface area contributed by atoms with Gasteiger partial charge in [-0.2, -0.15) is 9.61 Å². The van der Waals surface area contributed by atoms with E-state index in [4.69, 9.17) is 0 Å². The SMILES string of the molecule is Cc1nn2c(O)c(C(=O)NC3CC3)c(=O)n(CC(C)C)c2c1C=CC(=O)N1CCN(CC2CC(F)(F)C2)CC1C.